The number of aromatic nitrogens is 4. The highest BCUT2D eigenvalue weighted by Crippen LogP contribution is 2.22. The van der Waals surface area contributed by atoms with Crippen molar-refractivity contribution in [3.8, 4) is 0 Å². The van der Waals surface area contributed by atoms with Crippen LogP contribution in [-0.2, 0) is 0 Å². The number of benzene rings is 2. The molecule has 23 heavy (non-hydrogen) atoms. The monoisotopic (exact) mass is 412 g/mol. The predicted octanol–water partition coefficient (Wildman–Crippen LogP) is 4.83. The predicted molar refractivity (Wildman–Crippen MR) is 97.4 cm³/mol. The summed E-state index contributed by atoms with van der Waals surface area (Å²) in [5.41, 5.74) is 3.04. The van der Waals surface area contributed by atoms with Gasteiger partial charge in [-0.1, -0.05) is 24.3 Å². The fraction of sp³-hybridized carbons (Fsp3) is 0. The van der Waals surface area contributed by atoms with E-state index in [0.29, 0.717) is 11.4 Å². The number of halogens is 1. The highest BCUT2D eigenvalue weighted by atomic mass is 127. The molecule has 0 aliphatic carbocycles. The largest absolute Gasteiger partial charge is 0.279 e. The van der Waals surface area contributed by atoms with Crippen molar-refractivity contribution in [2.75, 3.05) is 0 Å². The molecule has 0 radical (unpaired) electrons. The molecule has 0 saturated carbocycles. The zero-order valence-corrected chi connectivity index (χ0v) is 13.9. The number of H-pyrrole nitrogens is 2. The fourth-order valence-corrected chi connectivity index (χ4v) is 2.61. The van der Waals surface area contributed by atoms with Crippen LogP contribution in [0.3, 0.4) is 0 Å². The first-order valence-corrected chi connectivity index (χ1v) is 7.61. The van der Waals surface area contributed by atoms with Gasteiger partial charge in [0.1, 0.15) is 3.70 Å². The molecule has 2 heterocycles. The van der Waals surface area contributed by atoms with Gasteiger partial charge < -0.3 is 0 Å². The Bertz CT molecular complexity index is 1060. The van der Waals surface area contributed by atoms with Crippen LogP contribution in [0.2, 0.25) is 0 Å². The zero-order chi connectivity index (χ0) is 16.2. The Morgan fingerprint density at radius 2 is 1.70 bits per heavy atom. The summed E-state index contributed by atoms with van der Waals surface area (Å²) < 4.78 is 1.01. The lowest BCUT2D eigenvalue weighted by Crippen LogP contribution is -1.67. The maximum Gasteiger partial charge on any atom is 0.189 e. The number of aromatic amines is 2. The molecule has 4 rings (SSSR count). The maximum atomic E-state index is 6.81. The third kappa shape index (κ3) is 3.15. The topological polar surface area (TPSA) is 66.1 Å². The molecule has 0 amide bonds. The Morgan fingerprint density at radius 3 is 2.48 bits per heavy atom. The van der Waals surface area contributed by atoms with Crippen LogP contribution in [-0.4, -0.2) is 20.4 Å². The second-order valence-corrected chi connectivity index (χ2v) is 5.68. The molecule has 0 aliphatic rings. The van der Waals surface area contributed by atoms with E-state index in [9.17, 15) is 0 Å². The average Bonchev–Trinajstić information content (AvgIpc) is 3.21. The number of fused-ring (bicyclic) bond motifs is 2. The third-order valence-electron chi connectivity index (χ3n) is 3.18. The van der Waals surface area contributed by atoms with Gasteiger partial charge in [0, 0.05) is 10.8 Å². The van der Waals surface area contributed by atoms with E-state index in [0.717, 1.165) is 25.5 Å². The minimum atomic E-state index is 0.630. The second-order valence-electron chi connectivity index (χ2n) is 4.60. The first-order chi connectivity index (χ1) is 11.2. The minimum absolute atomic E-state index is 0.630. The second kappa shape index (κ2) is 6.46. The lowest BCUT2D eigenvalue weighted by atomic mass is 10.2. The van der Waals surface area contributed by atoms with Crippen LogP contribution >= 0.6 is 22.6 Å². The lowest BCUT2D eigenvalue weighted by molar-refractivity contribution is 1.09. The van der Waals surface area contributed by atoms with Crippen LogP contribution in [0.25, 0.3) is 31.5 Å². The summed E-state index contributed by atoms with van der Waals surface area (Å²) in [5.74, 6) is 0. The highest BCUT2D eigenvalue weighted by molar-refractivity contribution is 14.1. The molecule has 0 unspecified atom stereocenters. The molecule has 110 valence electrons. The molecule has 0 atom stereocenters. The fourth-order valence-electron chi connectivity index (χ4n) is 2.03. The molecule has 6 nitrogen and oxygen atoms in total. The normalized spacial score (nSPS) is 9.87. The van der Waals surface area contributed by atoms with Crippen molar-refractivity contribution in [3.05, 3.63) is 69.1 Å². The summed E-state index contributed by atoms with van der Waals surface area (Å²) in [5, 5.41) is 15.7. The van der Waals surface area contributed by atoms with Crippen LogP contribution in [0.1, 0.15) is 0 Å². The number of rotatable bonds is 0. The third-order valence-corrected chi connectivity index (χ3v) is 4.00. The van der Waals surface area contributed by atoms with Gasteiger partial charge in [0.2, 0.25) is 0 Å². The number of nitrogens with one attached hydrogen (secondary N) is 2. The van der Waals surface area contributed by atoms with E-state index in [1.54, 1.807) is 30.5 Å². The molecule has 7 heteroatoms. The van der Waals surface area contributed by atoms with Crippen LogP contribution in [0.15, 0.2) is 42.6 Å². The molecule has 0 bridgehead atoms. The first-order valence-electron chi connectivity index (χ1n) is 6.53. The molecular weight excluding hydrogens is 403 g/mol. The standard InChI is InChI=1S/C8H4IN3.C8H5N3/c1-10-5-2-3-6-7(4-5)11-12-8(6)9;1-9-7-3-2-6-5-10-11-8(6)4-7/h2-4H,(H,11,12);2-5H,(H,10,11). The molecule has 0 spiro atoms. The molecule has 2 aromatic heterocycles. The van der Waals surface area contributed by atoms with E-state index >= 15 is 0 Å². The van der Waals surface area contributed by atoms with Gasteiger partial charge in [-0.2, -0.15) is 10.2 Å². The van der Waals surface area contributed by atoms with Gasteiger partial charge in [-0.15, -0.1) is 0 Å². The molecule has 2 N–H and O–H groups in total. The van der Waals surface area contributed by atoms with Crippen LogP contribution in [0.4, 0.5) is 11.4 Å². The summed E-state index contributed by atoms with van der Waals surface area (Å²) in [6, 6.07) is 10.9. The van der Waals surface area contributed by atoms with Crippen molar-refractivity contribution >= 4 is 55.8 Å². The number of nitrogens with zero attached hydrogens (tertiary/aromatic N) is 4. The van der Waals surface area contributed by atoms with E-state index in [2.05, 4.69) is 52.7 Å². The van der Waals surface area contributed by atoms with Crippen molar-refractivity contribution in [2.24, 2.45) is 0 Å². The van der Waals surface area contributed by atoms with Crippen molar-refractivity contribution in [3.63, 3.8) is 0 Å². The lowest BCUT2D eigenvalue weighted by Gasteiger charge is -1.88. The molecular formula is C16H9IN6. The molecule has 0 fully saturated rings. The highest BCUT2D eigenvalue weighted by Gasteiger charge is 2.01. The van der Waals surface area contributed by atoms with Crippen LogP contribution in [0.5, 0.6) is 0 Å². The summed E-state index contributed by atoms with van der Waals surface area (Å²) in [4.78, 5) is 6.63. The quantitative estimate of drug-likeness (QED) is 0.321. The molecule has 0 aliphatic heterocycles. The van der Waals surface area contributed by atoms with E-state index < -0.39 is 0 Å². The van der Waals surface area contributed by atoms with Gasteiger partial charge in [-0.3, -0.25) is 10.2 Å². The molecule has 0 saturated heterocycles. The number of hydrogen-bond donors (Lipinski definition) is 2. The van der Waals surface area contributed by atoms with Crippen LogP contribution in [0, 0.1) is 16.8 Å². The van der Waals surface area contributed by atoms with Gasteiger partial charge in [-0.25, -0.2) is 9.69 Å². The Labute approximate surface area is 145 Å². The summed E-state index contributed by atoms with van der Waals surface area (Å²) in [6.45, 7) is 13.6. The minimum Gasteiger partial charge on any atom is -0.279 e. The zero-order valence-electron chi connectivity index (χ0n) is 11.7. The Hall–Kier alpha value is -2.91. The maximum absolute atomic E-state index is 6.81. The first kappa shape index (κ1) is 15.0. The van der Waals surface area contributed by atoms with Crippen molar-refractivity contribution in [2.45, 2.75) is 0 Å². The van der Waals surface area contributed by atoms with Gasteiger partial charge in [0.25, 0.3) is 0 Å². The van der Waals surface area contributed by atoms with Gasteiger partial charge in [-0.05, 0) is 34.7 Å². The number of hydrogen-bond acceptors (Lipinski definition) is 2. The average molecular weight is 412 g/mol. The SMILES string of the molecule is [C-]#[N+]c1ccc2c(I)[nH]nc2c1.[C-]#[N+]c1ccc2cn[nH]c2c1. The Morgan fingerprint density at radius 1 is 0.957 bits per heavy atom. The van der Waals surface area contributed by atoms with Crippen molar-refractivity contribution in [1.29, 1.82) is 0 Å². The van der Waals surface area contributed by atoms with E-state index in [1.165, 1.54) is 0 Å². The van der Waals surface area contributed by atoms with Crippen molar-refractivity contribution in [1.82, 2.24) is 20.4 Å². The van der Waals surface area contributed by atoms with Gasteiger partial charge in [0.15, 0.2) is 11.4 Å². The summed E-state index contributed by atoms with van der Waals surface area (Å²) >= 11 is 2.18. The van der Waals surface area contributed by atoms with E-state index in [-0.39, 0.29) is 0 Å². The summed E-state index contributed by atoms with van der Waals surface area (Å²) in [6.07, 6.45) is 1.74. The van der Waals surface area contributed by atoms with Gasteiger partial charge in [0.05, 0.1) is 30.4 Å². The van der Waals surface area contributed by atoms with Crippen molar-refractivity contribution < 1.29 is 0 Å². The molecule has 4 aromatic rings. The van der Waals surface area contributed by atoms with Crippen LogP contribution < -0.4 is 0 Å². The van der Waals surface area contributed by atoms with Gasteiger partial charge >= 0.3 is 0 Å². The molecule has 2 aromatic carbocycles. The van der Waals surface area contributed by atoms with E-state index in [1.807, 2.05) is 12.1 Å². The van der Waals surface area contributed by atoms with E-state index in [4.69, 9.17) is 13.1 Å². The smallest absolute Gasteiger partial charge is 0.189 e. The Kier molecular flexibility index (Phi) is 4.22. The summed E-state index contributed by atoms with van der Waals surface area (Å²) in [7, 11) is 0. The Balaban J connectivity index is 0.000000136.